The van der Waals surface area contributed by atoms with Crippen LogP contribution in [0.3, 0.4) is 0 Å². The predicted molar refractivity (Wildman–Crippen MR) is 27.1 cm³/mol. The lowest BCUT2D eigenvalue weighted by Crippen LogP contribution is -1.89. The zero-order valence-electron chi connectivity index (χ0n) is 4.43. The van der Waals surface area contributed by atoms with Crippen molar-refractivity contribution in [3.8, 4) is 0 Å². The van der Waals surface area contributed by atoms with Gasteiger partial charge < -0.3 is 5.11 Å². The molecule has 0 bridgehead atoms. The van der Waals surface area contributed by atoms with Crippen molar-refractivity contribution in [3.05, 3.63) is 11.8 Å². The molecule has 2 heteroatoms. The highest BCUT2D eigenvalue weighted by Crippen LogP contribution is 1.88. The number of aliphatic hydroxyl groups excluding tert-OH is 1. The summed E-state index contributed by atoms with van der Waals surface area (Å²) < 4.78 is 0. The SMILES string of the molecule is CC(=O)/C(C)=C/O. The van der Waals surface area contributed by atoms with Crippen molar-refractivity contribution >= 4 is 5.78 Å². The highest BCUT2D eigenvalue weighted by Gasteiger charge is 1.91. The monoisotopic (exact) mass is 100 g/mol. The van der Waals surface area contributed by atoms with Crippen molar-refractivity contribution in [2.45, 2.75) is 13.8 Å². The molecule has 0 heterocycles. The maximum Gasteiger partial charge on any atom is 0.158 e. The summed E-state index contributed by atoms with van der Waals surface area (Å²) in [6, 6.07) is 0. The molecule has 0 aliphatic rings. The lowest BCUT2D eigenvalue weighted by molar-refractivity contribution is -0.113. The molecule has 0 aromatic carbocycles. The summed E-state index contributed by atoms with van der Waals surface area (Å²) in [7, 11) is 0. The fourth-order valence-electron chi connectivity index (χ4n) is 0.0909. The van der Waals surface area contributed by atoms with Gasteiger partial charge in [-0.25, -0.2) is 0 Å². The minimum Gasteiger partial charge on any atom is -0.515 e. The van der Waals surface area contributed by atoms with Crippen LogP contribution < -0.4 is 0 Å². The van der Waals surface area contributed by atoms with E-state index in [1.165, 1.54) is 6.92 Å². The van der Waals surface area contributed by atoms with Gasteiger partial charge in [0.25, 0.3) is 0 Å². The van der Waals surface area contributed by atoms with Crippen molar-refractivity contribution in [3.63, 3.8) is 0 Å². The van der Waals surface area contributed by atoms with E-state index >= 15 is 0 Å². The van der Waals surface area contributed by atoms with Crippen LogP contribution in [0.1, 0.15) is 13.8 Å². The van der Waals surface area contributed by atoms with Crippen LogP contribution in [0.25, 0.3) is 0 Å². The Bertz CT molecular complexity index is 103. The molecule has 2 nitrogen and oxygen atoms in total. The average molecular weight is 100 g/mol. The van der Waals surface area contributed by atoms with Crippen molar-refractivity contribution < 1.29 is 9.90 Å². The van der Waals surface area contributed by atoms with Crippen molar-refractivity contribution in [1.29, 1.82) is 0 Å². The second kappa shape index (κ2) is 2.39. The normalized spacial score (nSPS) is 11.4. The number of rotatable bonds is 1. The van der Waals surface area contributed by atoms with Gasteiger partial charge in [0.15, 0.2) is 5.78 Å². The van der Waals surface area contributed by atoms with E-state index in [-0.39, 0.29) is 5.78 Å². The summed E-state index contributed by atoms with van der Waals surface area (Å²) in [4.78, 5) is 10.1. The Labute approximate surface area is 42.5 Å². The molecule has 0 fully saturated rings. The first-order valence-electron chi connectivity index (χ1n) is 2.00. The Morgan fingerprint density at radius 3 is 2.00 bits per heavy atom. The molecule has 0 aromatic heterocycles. The van der Waals surface area contributed by atoms with Crippen LogP contribution in [-0.4, -0.2) is 10.9 Å². The Morgan fingerprint density at radius 2 is 2.00 bits per heavy atom. The molecule has 40 valence electrons. The molecule has 0 saturated carbocycles. The van der Waals surface area contributed by atoms with E-state index < -0.39 is 0 Å². The zero-order valence-corrected chi connectivity index (χ0v) is 4.43. The van der Waals surface area contributed by atoms with Gasteiger partial charge in [-0.05, 0) is 13.8 Å². The van der Waals surface area contributed by atoms with Crippen LogP contribution in [0.2, 0.25) is 0 Å². The summed E-state index contributed by atoms with van der Waals surface area (Å²) in [5, 5.41) is 8.12. The van der Waals surface area contributed by atoms with Gasteiger partial charge in [-0.15, -0.1) is 0 Å². The van der Waals surface area contributed by atoms with Gasteiger partial charge in [0, 0.05) is 5.57 Å². The van der Waals surface area contributed by atoms with E-state index in [0.29, 0.717) is 5.57 Å². The topological polar surface area (TPSA) is 37.3 Å². The lowest BCUT2D eigenvalue weighted by atomic mass is 10.2. The summed E-state index contributed by atoms with van der Waals surface area (Å²) in [6.45, 7) is 2.96. The van der Waals surface area contributed by atoms with E-state index in [1.54, 1.807) is 6.92 Å². The fourth-order valence-corrected chi connectivity index (χ4v) is 0.0909. The molecular weight excluding hydrogens is 92.1 g/mol. The van der Waals surface area contributed by atoms with Gasteiger partial charge in [-0.2, -0.15) is 0 Å². The molecule has 0 amide bonds. The molecule has 0 spiro atoms. The van der Waals surface area contributed by atoms with Gasteiger partial charge in [0.2, 0.25) is 0 Å². The third-order valence-corrected chi connectivity index (χ3v) is 0.749. The highest BCUT2D eigenvalue weighted by molar-refractivity contribution is 5.92. The lowest BCUT2D eigenvalue weighted by Gasteiger charge is -1.84. The maximum absolute atomic E-state index is 10.1. The number of Topliss-reactive ketones (excluding diaryl/α,β-unsaturated/α-hetero) is 1. The van der Waals surface area contributed by atoms with Crippen LogP contribution in [0.4, 0.5) is 0 Å². The number of hydrogen-bond donors (Lipinski definition) is 1. The van der Waals surface area contributed by atoms with Gasteiger partial charge in [0.1, 0.15) is 0 Å². The molecule has 0 aliphatic carbocycles. The quantitative estimate of drug-likeness (QED) is 0.395. The van der Waals surface area contributed by atoms with Gasteiger partial charge in [-0.3, -0.25) is 4.79 Å². The second-order valence-electron chi connectivity index (χ2n) is 1.37. The molecule has 0 rings (SSSR count). The minimum absolute atomic E-state index is 0.0949. The van der Waals surface area contributed by atoms with Crippen LogP contribution in [0.5, 0.6) is 0 Å². The highest BCUT2D eigenvalue weighted by atomic mass is 16.2. The minimum atomic E-state index is -0.0949. The van der Waals surface area contributed by atoms with Gasteiger partial charge >= 0.3 is 0 Å². The number of aliphatic hydroxyl groups is 1. The van der Waals surface area contributed by atoms with Crippen LogP contribution >= 0.6 is 0 Å². The molecule has 7 heavy (non-hydrogen) atoms. The molecular formula is C5H8O2. The smallest absolute Gasteiger partial charge is 0.158 e. The van der Waals surface area contributed by atoms with Crippen molar-refractivity contribution in [1.82, 2.24) is 0 Å². The maximum atomic E-state index is 10.1. The summed E-state index contributed by atoms with van der Waals surface area (Å²) in [6.07, 6.45) is 0.808. The van der Waals surface area contributed by atoms with E-state index in [0.717, 1.165) is 6.26 Å². The first-order valence-corrected chi connectivity index (χ1v) is 2.00. The number of carbonyl (C=O) groups excluding carboxylic acids is 1. The fraction of sp³-hybridized carbons (Fsp3) is 0.400. The van der Waals surface area contributed by atoms with E-state index in [9.17, 15) is 4.79 Å². The summed E-state index contributed by atoms with van der Waals surface area (Å²) in [5.41, 5.74) is 0.389. The second-order valence-corrected chi connectivity index (χ2v) is 1.37. The number of ketones is 1. The Balaban J connectivity index is 3.82. The Hall–Kier alpha value is -0.790. The standard InChI is InChI=1S/C5H8O2/c1-4(3-6)5(2)7/h3,6H,1-2H3/b4-3+. The third kappa shape index (κ3) is 1.98. The molecule has 1 N–H and O–H groups in total. The average Bonchev–Trinajstić information content (AvgIpc) is 1.65. The molecule has 0 unspecified atom stereocenters. The summed E-state index contributed by atoms with van der Waals surface area (Å²) >= 11 is 0. The van der Waals surface area contributed by atoms with E-state index in [4.69, 9.17) is 5.11 Å². The molecule has 0 aliphatic heterocycles. The van der Waals surface area contributed by atoms with Crippen molar-refractivity contribution in [2.24, 2.45) is 0 Å². The van der Waals surface area contributed by atoms with Gasteiger partial charge in [0.05, 0.1) is 6.26 Å². The van der Waals surface area contributed by atoms with Crippen molar-refractivity contribution in [2.75, 3.05) is 0 Å². The van der Waals surface area contributed by atoms with Crippen LogP contribution in [-0.2, 0) is 4.79 Å². The van der Waals surface area contributed by atoms with Gasteiger partial charge in [-0.1, -0.05) is 0 Å². The third-order valence-electron chi connectivity index (χ3n) is 0.749. The largest absolute Gasteiger partial charge is 0.515 e. The molecule has 0 aromatic rings. The van der Waals surface area contributed by atoms with E-state index in [2.05, 4.69) is 0 Å². The Morgan fingerprint density at radius 1 is 1.57 bits per heavy atom. The first kappa shape index (κ1) is 6.21. The molecule has 0 radical (unpaired) electrons. The van der Waals surface area contributed by atoms with Crippen LogP contribution in [0, 0.1) is 0 Å². The Kier molecular flexibility index (Phi) is 2.12. The zero-order chi connectivity index (χ0) is 5.86. The number of hydrogen-bond acceptors (Lipinski definition) is 2. The van der Waals surface area contributed by atoms with E-state index in [1.807, 2.05) is 0 Å². The molecule has 0 atom stereocenters. The predicted octanol–water partition coefficient (Wildman–Crippen LogP) is 1.04. The first-order chi connectivity index (χ1) is 3.18. The number of allylic oxidation sites excluding steroid dienone is 1. The van der Waals surface area contributed by atoms with Crippen LogP contribution in [0.15, 0.2) is 11.8 Å². The summed E-state index contributed by atoms with van der Waals surface area (Å²) in [5.74, 6) is -0.0949. The molecule has 0 saturated heterocycles. The number of carbonyl (C=O) groups is 1.